The van der Waals surface area contributed by atoms with Gasteiger partial charge in [0.1, 0.15) is 11.6 Å². The summed E-state index contributed by atoms with van der Waals surface area (Å²) in [5.41, 5.74) is 0.434. The fourth-order valence-electron chi connectivity index (χ4n) is 2.30. The Kier molecular flexibility index (Phi) is 3.58. The summed E-state index contributed by atoms with van der Waals surface area (Å²) in [5, 5.41) is 13.6. The van der Waals surface area contributed by atoms with Crippen LogP contribution in [0.4, 0.5) is 17.6 Å². The molecule has 0 aromatic carbocycles. The predicted octanol–water partition coefficient (Wildman–Crippen LogP) is 1.75. The highest BCUT2D eigenvalue weighted by molar-refractivity contribution is 5.76. The molecule has 0 spiro atoms. The van der Waals surface area contributed by atoms with Crippen LogP contribution in [0.3, 0.4) is 0 Å². The highest BCUT2D eigenvalue weighted by atomic mass is 16.6. The van der Waals surface area contributed by atoms with Crippen LogP contribution in [0.5, 0.6) is 0 Å². The topological polar surface area (TPSA) is 155 Å². The standard InChI is InChI=1S/C15H10N8O3/c24-14-11-13(21-15(22-14)18-9-3-1-2-6-16-9)20-12(19-11)8-4-5-10(17-7-8)23(25)26/h1-7H,(H3,16,18,19,20,21,22,24). The Morgan fingerprint density at radius 3 is 2.65 bits per heavy atom. The molecule has 0 atom stereocenters. The van der Waals surface area contributed by atoms with Crippen LogP contribution in [0.25, 0.3) is 22.6 Å². The molecule has 4 rings (SSSR count). The van der Waals surface area contributed by atoms with Gasteiger partial charge in [0.25, 0.3) is 5.56 Å². The van der Waals surface area contributed by atoms with E-state index in [1.165, 1.54) is 18.3 Å². The number of nitrogens with one attached hydrogen (secondary N) is 3. The van der Waals surface area contributed by atoms with E-state index < -0.39 is 10.5 Å². The number of fused-ring (bicyclic) bond motifs is 1. The molecule has 11 heteroatoms. The Hall–Kier alpha value is -4.15. The van der Waals surface area contributed by atoms with E-state index in [0.717, 1.165) is 0 Å². The minimum atomic E-state index is -0.593. The first-order valence-corrected chi connectivity index (χ1v) is 7.39. The second-order valence-electron chi connectivity index (χ2n) is 5.20. The number of nitro groups is 1. The van der Waals surface area contributed by atoms with Gasteiger partial charge >= 0.3 is 5.82 Å². The second kappa shape index (κ2) is 6.05. The van der Waals surface area contributed by atoms with Crippen LogP contribution < -0.4 is 10.9 Å². The number of anilines is 2. The Balaban J connectivity index is 1.71. The highest BCUT2D eigenvalue weighted by Crippen LogP contribution is 2.19. The first-order valence-electron chi connectivity index (χ1n) is 7.39. The van der Waals surface area contributed by atoms with Gasteiger partial charge in [0.2, 0.25) is 5.95 Å². The van der Waals surface area contributed by atoms with Crippen LogP contribution in [0.2, 0.25) is 0 Å². The van der Waals surface area contributed by atoms with E-state index in [1.54, 1.807) is 24.4 Å². The number of rotatable bonds is 4. The van der Waals surface area contributed by atoms with E-state index in [-0.39, 0.29) is 22.9 Å². The predicted molar refractivity (Wildman–Crippen MR) is 91.9 cm³/mol. The van der Waals surface area contributed by atoms with E-state index >= 15 is 0 Å². The number of aromatic nitrogens is 6. The summed E-state index contributed by atoms with van der Waals surface area (Å²) < 4.78 is 0. The lowest BCUT2D eigenvalue weighted by atomic mass is 10.3. The third-order valence-electron chi connectivity index (χ3n) is 3.48. The van der Waals surface area contributed by atoms with Crippen molar-refractivity contribution >= 4 is 28.7 Å². The number of H-pyrrole nitrogens is 2. The summed E-state index contributed by atoms with van der Waals surface area (Å²) in [6.45, 7) is 0. The fraction of sp³-hybridized carbons (Fsp3) is 0. The molecule has 0 fully saturated rings. The zero-order valence-electron chi connectivity index (χ0n) is 13.0. The number of hydrogen-bond acceptors (Lipinski definition) is 8. The smallest absolute Gasteiger partial charge is 0.358 e. The minimum absolute atomic E-state index is 0.116. The van der Waals surface area contributed by atoms with Crippen molar-refractivity contribution in [2.24, 2.45) is 0 Å². The number of hydrogen-bond donors (Lipinski definition) is 3. The maximum atomic E-state index is 12.2. The molecule has 4 aromatic heterocycles. The highest BCUT2D eigenvalue weighted by Gasteiger charge is 2.14. The van der Waals surface area contributed by atoms with Crippen molar-refractivity contribution in [3.63, 3.8) is 0 Å². The number of imidazole rings is 1. The van der Waals surface area contributed by atoms with Gasteiger partial charge in [0, 0.05) is 12.3 Å². The quantitative estimate of drug-likeness (QED) is 0.371. The number of aromatic amines is 2. The van der Waals surface area contributed by atoms with Gasteiger partial charge in [-0.3, -0.25) is 9.78 Å². The van der Waals surface area contributed by atoms with Crippen molar-refractivity contribution in [2.75, 3.05) is 5.32 Å². The molecule has 11 nitrogen and oxygen atoms in total. The molecule has 3 N–H and O–H groups in total. The number of nitrogens with zero attached hydrogens (tertiary/aromatic N) is 5. The first-order chi connectivity index (χ1) is 12.6. The second-order valence-corrected chi connectivity index (χ2v) is 5.20. The van der Waals surface area contributed by atoms with Crippen LogP contribution in [-0.2, 0) is 0 Å². The molecule has 0 bridgehead atoms. The molecule has 0 aliphatic rings. The molecule has 0 saturated heterocycles. The van der Waals surface area contributed by atoms with Crippen molar-refractivity contribution in [3.05, 3.63) is 63.2 Å². The third-order valence-corrected chi connectivity index (χ3v) is 3.48. The zero-order valence-corrected chi connectivity index (χ0v) is 13.0. The maximum Gasteiger partial charge on any atom is 0.363 e. The minimum Gasteiger partial charge on any atom is -0.358 e. The van der Waals surface area contributed by atoms with E-state index in [2.05, 4.69) is 35.2 Å². The lowest BCUT2D eigenvalue weighted by molar-refractivity contribution is -0.389. The van der Waals surface area contributed by atoms with Gasteiger partial charge in [-0.15, -0.1) is 0 Å². The third kappa shape index (κ3) is 2.84. The Bertz CT molecular complexity index is 1150. The van der Waals surface area contributed by atoms with Gasteiger partial charge in [-0.05, 0) is 28.1 Å². The van der Waals surface area contributed by atoms with E-state index in [1.807, 2.05) is 0 Å². The summed E-state index contributed by atoms with van der Waals surface area (Å²) in [5.74, 6) is 0.783. The summed E-state index contributed by atoms with van der Waals surface area (Å²) >= 11 is 0. The first kappa shape index (κ1) is 15.4. The molecule has 0 saturated carbocycles. The van der Waals surface area contributed by atoms with Gasteiger partial charge in [-0.2, -0.15) is 4.98 Å². The fourth-order valence-corrected chi connectivity index (χ4v) is 2.30. The van der Waals surface area contributed by atoms with Gasteiger partial charge in [0.15, 0.2) is 17.4 Å². The molecule has 0 radical (unpaired) electrons. The summed E-state index contributed by atoms with van der Waals surface area (Å²) in [4.78, 5) is 44.1. The average Bonchev–Trinajstić information content (AvgIpc) is 3.07. The molecular formula is C15H10N8O3. The van der Waals surface area contributed by atoms with Crippen LogP contribution in [0, 0.1) is 10.1 Å². The molecule has 128 valence electrons. The molecule has 4 aromatic rings. The summed E-state index contributed by atoms with van der Waals surface area (Å²) in [6.07, 6.45) is 2.91. The van der Waals surface area contributed by atoms with Crippen molar-refractivity contribution in [1.82, 2.24) is 29.9 Å². The SMILES string of the molecule is O=c1[nH]c(Nc2ccccn2)nc2[nH]c(-c3ccc([N+](=O)[O-])nc3)nc12. The Morgan fingerprint density at radius 1 is 1.08 bits per heavy atom. The number of pyridine rings is 2. The van der Waals surface area contributed by atoms with Gasteiger partial charge < -0.3 is 20.4 Å². The summed E-state index contributed by atoms with van der Waals surface area (Å²) in [7, 11) is 0. The molecule has 0 amide bonds. The van der Waals surface area contributed by atoms with Crippen LogP contribution >= 0.6 is 0 Å². The Morgan fingerprint density at radius 2 is 1.96 bits per heavy atom. The van der Waals surface area contributed by atoms with Gasteiger partial charge in [-0.1, -0.05) is 6.07 Å². The van der Waals surface area contributed by atoms with Crippen LogP contribution in [0.15, 0.2) is 47.5 Å². The van der Waals surface area contributed by atoms with E-state index in [9.17, 15) is 14.9 Å². The maximum absolute atomic E-state index is 12.2. The van der Waals surface area contributed by atoms with Crippen LogP contribution in [0.1, 0.15) is 0 Å². The summed E-state index contributed by atoms with van der Waals surface area (Å²) in [6, 6.07) is 8.04. The lowest BCUT2D eigenvalue weighted by Gasteiger charge is -2.02. The van der Waals surface area contributed by atoms with E-state index in [4.69, 9.17) is 0 Å². The molecule has 4 heterocycles. The normalized spacial score (nSPS) is 10.8. The zero-order chi connectivity index (χ0) is 18.1. The van der Waals surface area contributed by atoms with Crippen LogP contribution in [-0.4, -0.2) is 34.8 Å². The van der Waals surface area contributed by atoms with Crippen molar-refractivity contribution in [2.45, 2.75) is 0 Å². The van der Waals surface area contributed by atoms with Crippen molar-refractivity contribution in [1.29, 1.82) is 0 Å². The van der Waals surface area contributed by atoms with Crippen molar-refractivity contribution < 1.29 is 4.92 Å². The largest absolute Gasteiger partial charge is 0.363 e. The molecule has 0 aliphatic heterocycles. The average molecular weight is 350 g/mol. The Labute approximate surface area is 144 Å². The van der Waals surface area contributed by atoms with Gasteiger partial charge in [-0.25, -0.2) is 9.97 Å². The van der Waals surface area contributed by atoms with Gasteiger partial charge in [0.05, 0.1) is 5.56 Å². The molecule has 26 heavy (non-hydrogen) atoms. The molecular weight excluding hydrogens is 340 g/mol. The molecule has 0 unspecified atom stereocenters. The lowest BCUT2D eigenvalue weighted by Crippen LogP contribution is -2.11. The monoisotopic (exact) mass is 350 g/mol. The van der Waals surface area contributed by atoms with E-state index in [0.29, 0.717) is 17.2 Å². The molecule has 0 aliphatic carbocycles. The van der Waals surface area contributed by atoms with Crippen molar-refractivity contribution in [3.8, 4) is 11.4 Å².